The fourth-order valence-electron chi connectivity index (χ4n) is 12.3. The summed E-state index contributed by atoms with van der Waals surface area (Å²) < 4.78 is 41.5. The van der Waals surface area contributed by atoms with Gasteiger partial charge in [-0.1, -0.05) is 105 Å². The number of hydrogen-bond acceptors (Lipinski definition) is 17. The van der Waals surface area contributed by atoms with Crippen LogP contribution in [0.1, 0.15) is 197 Å². The summed E-state index contributed by atoms with van der Waals surface area (Å²) in [5, 5.41) is 15.0. The Kier molecular flexibility index (Phi) is 35.6. The number of hydrogen-bond donors (Lipinski definition) is 5. The summed E-state index contributed by atoms with van der Waals surface area (Å²) in [4.78, 5) is 95.6. The molecular weight excluding hydrogens is 1060 g/mol. The molecule has 0 spiro atoms. The Labute approximate surface area is 493 Å². The molecule has 3 aliphatic rings. The van der Waals surface area contributed by atoms with E-state index < -0.39 is 66.7 Å². The Morgan fingerprint density at radius 3 is 1.22 bits per heavy atom. The van der Waals surface area contributed by atoms with Crippen LogP contribution in [0.25, 0.3) is 0 Å². The SMILES string of the molecule is C.C.C.C.C=CC(=O)OCC(C)OC(=O)CCC1(C)CC(NC(=O)OCC(C)OC(=O)NC2CC(C)(C)CC(C)(CNC)C2)CC(C)(C)C1.C=CC(=O)OCC(C)OC(=O)NCC1(C)CC(NC(=O)OC(C)COC(C)=O)CC(C)(C)C1. The zero-order chi connectivity index (χ0) is 59.3. The van der Waals surface area contributed by atoms with Gasteiger partial charge in [0.05, 0.1) is 0 Å². The Morgan fingerprint density at radius 2 is 0.817 bits per heavy atom. The standard InChI is InChI=1S/C34H59N3O8.C23H38N2O8.4CH4/c1-11-27(38)42-18-23(2)44-28(39)12-13-33(8)16-25(14-31(4,5)20-33)36-29(40)43-19-24(3)45-30(41)37-26-15-32(6,7)21-34(9,17-26)22-35-10;1-8-19(27)31-12-16(3)32-20(28)24-14-23(7)10-18(9-22(5,6)13-23)25-21(29)33-15(2)11-30-17(4)26;;;;/h11,23-26,35H,1,12-22H2,2-10H3,(H,36,40)(H,37,41);8,15-16,18H,1,9-14H2,2-7H3,(H,24,28)(H,25,29);4*1H4. The molecule has 3 rings (SSSR count). The quantitative estimate of drug-likeness (QED) is 0.0341. The highest BCUT2D eigenvalue weighted by Crippen LogP contribution is 2.49. The Morgan fingerprint density at radius 1 is 0.476 bits per heavy atom. The van der Waals surface area contributed by atoms with Gasteiger partial charge >= 0.3 is 48.3 Å². The molecule has 4 amide bonds. The first-order chi connectivity index (χ1) is 36.0. The molecule has 21 heteroatoms. The van der Waals surface area contributed by atoms with Gasteiger partial charge in [0.15, 0.2) is 0 Å². The van der Waals surface area contributed by atoms with Gasteiger partial charge in [-0.2, -0.15) is 0 Å². The van der Waals surface area contributed by atoms with E-state index in [0.717, 1.165) is 63.6 Å². The molecule has 0 heterocycles. The van der Waals surface area contributed by atoms with E-state index in [0.29, 0.717) is 25.8 Å². The highest BCUT2D eigenvalue weighted by atomic mass is 16.6. The topological polar surface area (TPSA) is 271 Å². The number of alkyl carbamates (subject to hydrolysis) is 4. The van der Waals surface area contributed by atoms with Crippen molar-refractivity contribution in [2.75, 3.05) is 46.6 Å². The van der Waals surface area contributed by atoms with Crippen molar-refractivity contribution in [1.29, 1.82) is 0 Å². The molecule has 3 saturated carbocycles. The Balaban J connectivity index is -0.00000151. The second-order valence-electron chi connectivity index (χ2n) is 25.6. The third-order valence-electron chi connectivity index (χ3n) is 14.0. The molecule has 0 aromatic carbocycles. The fraction of sp³-hybridized carbons (Fsp3) is 0.803. The van der Waals surface area contributed by atoms with Crippen LogP contribution in [0.3, 0.4) is 0 Å². The van der Waals surface area contributed by atoms with Crippen molar-refractivity contribution in [3.63, 3.8) is 0 Å². The van der Waals surface area contributed by atoms with Gasteiger partial charge < -0.3 is 64.5 Å². The van der Waals surface area contributed by atoms with E-state index in [-0.39, 0.29) is 119 Å². The minimum absolute atomic E-state index is 0. The number of nitrogens with one attached hydrogen (secondary N) is 5. The monoisotopic (exact) mass is 1170 g/mol. The third kappa shape index (κ3) is 32.9. The zero-order valence-electron chi connectivity index (χ0n) is 49.7. The van der Waals surface area contributed by atoms with Crippen molar-refractivity contribution >= 4 is 48.3 Å². The second-order valence-corrected chi connectivity index (χ2v) is 25.6. The van der Waals surface area contributed by atoms with Crippen LogP contribution in [0, 0.1) is 32.5 Å². The minimum Gasteiger partial charge on any atom is -0.462 e. The highest BCUT2D eigenvalue weighted by molar-refractivity contribution is 5.81. The molecular formula is C61H113N5O16. The molecule has 0 aromatic heterocycles. The summed E-state index contributed by atoms with van der Waals surface area (Å²) in [6, 6.07) is -0.282. The number of rotatable bonds is 24. The van der Waals surface area contributed by atoms with Crippen LogP contribution in [0.4, 0.5) is 19.2 Å². The summed E-state index contributed by atoms with van der Waals surface area (Å²) >= 11 is 0. The maximum Gasteiger partial charge on any atom is 0.407 e. The first-order valence-electron chi connectivity index (χ1n) is 27.4. The van der Waals surface area contributed by atoms with Crippen molar-refractivity contribution < 1.29 is 76.3 Å². The van der Waals surface area contributed by atoms with Crippen LogP contribution in [0.15, 0.2) is 25.3 Å². The molecule has 21 nitrogen and oxygen atoms in total. The lowest BCUT2D eigenvalue weighted by atomic mass is 9.61. The van der Waals surface area contributed by atoms with Crippen LogP contribution in [-0.4, -0.2) is 137 Å². The molecule has 3 aliphatic carbocycles. The van der Waals surface area contributed by atoms with Crippen molar-refractivity contribution in [2.24, 2.45) is 32.5 Å². The number of esters is 4. The molecule has 0 radical (unpaired) electrons. The van der Waals surface area contributed by atoms with Crippen molar-refractivity contribution in [1.82, 2.24) is 26.6 Å². The summed E-state index contributed by atoms with van der Waals surface area (Å²) in [6.07, 6.45) is 5.70. The first-order valence-corrected chi connectivity index (χ1v) is 27.4. The maximum absolute atomic E-state index is 12.8. The molecule has 82 heavy (non-hydrogen) atoms. The van der Waals surface area contributed by atoms with E-state index in [4.69, 9.17) is 37.9 Å². The van der Waals surface area contributed by atoms with E-state index in [1.165, 1.54) is 6.92 Å². The van der Waals surface area contributed by atoms with Crippen LogP contribution in [-0.2, 0) is 57.1 Å². The van der Waals surface area contributed by atoms with Crippen molar-refractivity contribution in [3.05, 3.63) is 25.3 Å². The molecule has 10 unspecified atom stereocenters. The lowest BCUT2D eigenvalue weighted by Gasteiger charge is -2.47. The summed E-state index contributed by atoms with van der Waals surface area (Å²) in [5.74, 6) is -1.94. The average Bonchev–Trinajstić information content (AvgIpc) is 3.28. The number of carbonyl (C=O) groups is 8. The number of ether oxygens (including phenoxy) is 8. The summed E-state index contributed by atoms with van der Waals surface area (Å²) in [6.45, 7) is 35.1. The molecule has 5 N–H and O–H groups in total. The largest absolute Gasteiger partial charge is 0.462 e. The smallest absolute Gasteiger partial charge is 0.407 e. The lowest BCUT2D eigenvalue weighted by Crippen LogP contribution is -2.51. The molecule has 0 bridgehead atoms. The van der Waals surface area contributed by atoms with Gasteiger partial charge in [0, 0.05) is 56.7 Å². The van der Waals surface area contributed by atoms with E-state index in [9.17, 15) is 38.4 Å². The van der Waals surface area contributed by atoms with Crippen LogP contribution in [0.2, 0.25) is 0 Å². The number of carbonyl (C=O) groups excluding carboxylic acids is 8. The van der Waals surface area contributed by atoms with Gasteiger partial charge in [0.1, 0.15) is 50.8 Å². The first kappa shape index (κ1) is 80.6. The Bertz CT molecular complexity index is 2050. The summed E-state index contributed by atoms with van der Waals surface area (Å²) in [5.41, 5.74) is -0.457. The highest BCUT2D eigenvalue weighted by Gasteiger charge is 2.45. The van der Waals surface area contributed by atoms with Crippen molar-refractivity contribution in [2.45, 2.75) is 240 Å². The minimum atomic E-state index is -0.613. The molecule has 0 saturated heterocycles. The fourth-order valence-corrected chi connectivity index (χ4v) is 12.3. The van der Waals surface area contributed by atoms with E-state index in [1.54, 1.807) is 27.7 Å². The number of amides is 4. The zero-order valence-corrected chi connectivity index (χ0v) is 49.7. The maximum atomic E-state index is 12.8. The third-order valence-corrected chi connectivity index (χ3v) is 14.0. The molecule has 0 aliphatic heterocycles. The van der Waals surface area contributed by atoms with Gasteiger partial charge in [-0.3, -0.25) is 9.59 Å². The predicted molar refractivity (Wildman–Crippen MR) is 320 cm³/mol. The summed E-state index contributed by atoms with van der Waals surface area (Å²) in [7, 11) is 1.95. The molecule has 3 fully saturated rings. The normalized spacial score (nSPS) is 25.0. The van der Waals surface area contributed by atoms with Gasteiger partial charge in [-0.05, 0) is 131 Å². The van der Waals surface area contributed by atoms with Crippen LogP contribution < -0.4 is 26.6 Å². The molecule has 10 atom stereocenters. The van der Waals surface area contributed by atoms with Crippen LogP contribution in [0.5, 0.6) is 0 Å². The van der Waals surface area contributed by atoms with Gasteiger partial charge in [0.25, 0.3) is 0 Å². The van der Waals surface area contributed by atoms with E-state index >= 15 is 0 Å². The molecule has 478 valence electrons. The second kappa shape index (κ2) is 36.2. The van der Waals surface area contributed by atoms with E-state index in [2.05, 4.69) is 95.1 Å². The van der Waals surface area contributed by atoms with E-state index in [1.807, 2.05) is 14.0 Å². The predicted octanol–water partition coefficient (Wildman–Crippen LogP) is 11.3. The van der Waals surface area contributed by atoms with Crippen molar-refractivity contribution in [3.8, 4) is 0 Å². The average molecular weight is 1170 g/mol. The Hall–Kier alpha value is -5.60. The van der Waals surface area contributed by atoms with Crippen LogP contribution >= 0.6 is 0 Å². The van der Waals surface area contributed by atoms with Gasteiger partial charge in [-0.25, -0.2) is 28.8 Å². The molecule has 0 aromatic rings. The van der Waals surface area contributed by atoms with Gasteiger partial charge in [-0.15, -0.1) is 0 Å². The lowest BCUT2D eigenvalue weighted by molar-refractivity contribution is -0.156. The van der Waals surface area contributed by atoms with Gasteiger partial charge in [0.2, 0.25) is 0 Å².